The molecular weight excluding hydrogens is 451 g/mol. The van der Waals surface area contributed by atoms with Gasteiger partial charge in [0.2, 0.25) is 0 Å². The second-order valence-corrected chi connectivity index (χ2v) is 6.95. The zero-order valence-electron chi connectivity index (χ0n) is 16.8. The largest absolute Gasteiger partial charge is 0.368 e. The molecule has 1 aromatic heterocycles. The lowest BCUT2D eigenvalue weighted by atomic mass is 10.1. The average molecular weight is 482 g/mol. The quantitative estimate of drug-likeness (QED) is 0.414. The van der Waals surface area contributed by atoms with E-state index < -0.39 is 0 Å². The van der Waals surface area contributed by atoms with Crippen LogP contribution in [-0.2, 0) is 6.54 Å². The third-order valence-corrected chi connectivity index (χ3v) is 5.09. The van der Waals surface area contributed by atoms with E-state index in [1.54, 1.807) is 0 Å². The molecule has 0 unspecified atom stereocenters. The Hall–Kier alpha value is -1.77. The van der Waals surface area contributed by atoms with Crippen LogP contribution in [0.4, 0.5) is 5.69 Å². The van der Waals surface area contributed by atoms with Crippen LogP contribution in [-0.4, -0.2) is 60.4 Å². The van der Waals surface area contributed by atoms with Gasteiger partial charge in [0.25, 0.3) is 0 Å². The van der Waals surface area contributed by atoms with Crippen molar-refractivity contribution in [3.63, 3.8) is 0 Å². The molecule has 2 heterocycles. The standard InChI is InChI=1S/C20H30N6.HI/c1-16-14-23-26(15-16)9-8-22-20(21-4)25-12-10-24(11-13-25)19-7-5-6-17(2)18(19)3;/h5-7,14-15H,8-13H2,1-4H3,(H,21,22);1H. The zero-order chi connectivity index (χ0) is 18.5. The van der Waals surface area contributed by atoms with Crippen molar-refractivity contribution in [2.24, 2.45) is 4.99 Å². The summed E-state index contributed by atoms with van der Waals surface area (Å²) in [5.74, 6) is 0.981. The summed E-state index contributed by atoms with van der Waals surface area (Å²) in [6, 6.07) is 6.57. The lowest BCUT2D eigenvalue weighted by molar-refractivity contribution is 0.371. The molecule has 0 bridgehead atoms. The molecule has 27 heavy (non-hydrogen) atoms. The number of rotatable bonds is 4. The number of aromatic nitrogens is 2. The summed E-state index contributed by atoms with van der Waals surface area (Å²) in [6.07, 6.45) is 3.95. The molecule has 2 aromatic rings. The van der Waals surface area contributed by atoms with E-state index in [1.807, 2.05) is 17.9 Å². The van der Waals surface area contributed by atoms with Crippen molar-refractivity contribution in [1.29, 1.82) is 0 Å². The normalized spacial score (nSPS) is 14.9. The number of nitrogens with zero attached hydrogens (tertiary/aromatic N) is 5. The van der Waals surface area contributed by atoms with E-state index in [4.69, 9.17) is 0 Å². The summed E-state index contributed by atoms with van der Waals surface area (Å²) in [7, 11) is 1.86. The van der Waals surface area contributed by atoms with Gasteiger partial charge in [0.1, 0.15) is 0 Å². The molecule has 1 aliphatic rings. The minimum atomic E-state index is 0. The van der Waals surface area contributed by atoms with Crippen LogP contribution in [0.2, 0.25) is 0 Å². The summed E-state index contributed by atoms with van der Waals surface area (Å²) in [5, 5.41) is 7.79. The fraction of sp³-hybridized carbons (Fsp3) is 0.500. The summed E-state index contributed by atoms with van der Waals surface area (Å²) in [6.45, 7) is 12.1. The van der Waals surface area contributed by atoms with Crippen LogP contribution in [0.3, 0.4) is 0 Å². The maximum Gasteiger partial charge on any atom is 0.193 e. The Morgan fingerprint density at radius 3 is 2.52 bits per heavy atom. The first-order valence-corrected chi connectivity index (χ1v) is 9.34. The molecule has 0 saturated carbocycles. The van der Waals surface area contributed by atoms with Gasteiger partial charge >= 0.3 is 0 Å². The molecule has 148 valence electrons. The highest BCUT2D eigenvalue weighted by Crippen LogP contribution is 2.23. The Morgan fingerprint density at radius 1 is 1.15 bits per heavy atom. The molecule has 1 fully saturated rings. The third-order valence-electron chi connectivity index (χ3n) is 5.09. The topological polar surface area (TPSA) is 48.7 Å². The summed E-state index contributed by atoms with van der Waals surface area (Å²) < 4.78 is 1.97. The van der Waals surface area contributed by atoms with Gasteiger partial charge in [0.15, 0.2) is 5.96 Å². The van der Waals surface area contributed by atoms with Gasteiger partial charge in [-0.1, -0.05) is 12.1 Å². The monoisotopic (exact) mass is 482 g/mol. The maximum absolute atomic E-state index is 4.46. The number of aliphatic imine (C=N–C) groups is 1. The first kappa shape index (κ1) is 21.5. The van der Waals surface area contributed by atoms with E-state index in [0.29, 0.717) is 0 Å². The van der Waals surface area contributed by atoms with Crippen molar-refractivity contribution >= 4 is 35.6 Å². The Balaban J connectivity index is 0.00000261. The first-order chi connectivity index (χ1) is 12.6. The van der Waals surface area contributed by atoms with Crippen LogP contribution in [0.25, 0.3) is 0 Å². The van der Waals surface area contributed by atoms with Crippen LogP contribution in [0.1, 0.15) is 16.7 Å². The van der Waals surface area contributed by atoms with E-state index in [2.05, 4.69) is 70.4 Å². The number of hydrogen-bond acceptors (Lipinski definition) is 3. The van der Waals surface area contributed by atoms with Crippen molar-refractivity contribution in [2.45, 2.75) is 27.3 Å². The number of benzene rings is 1. The Kier molecular flexibility index (Phi) is 7.94. The molecule has 1 aliphatic heterocycles. The molecule has 3 rings (SSSR count). The van der Waals surface area contributed by atoms with E-state index in [1.165, 1.54) is 22.4 Å². The SMILES string of the molecule is CN=C(NCCn1cc(C)cn1)N1CCN(c2cccc(C)c2C)CC1.I. The molecular formula is C20H31IN6. The smallest absolute Gasteiger partial charge is 0.193 e. The van der Waals surface area contributed by atoms with Gasteiger partial charge in [-0.15, -0.1) is 24.0 Å². The fourth-order valence-corrected chi connectivity index (χ4v) is 3.44. The number of anilines is 1. The second kappa shape index (κ2) is 9.96. The van der Waals surface area contributed by atoms with Gasteiger partial charge in [0, 0.05) is 51.7 Å². The lowest BCUT2D eigenvalue weighted by Crippen LogP contribution is -2.53. The highest BCUT2D eigenvalue weighted by atomic mass is 127. The van der Waals surface area contributed by atoms with Crippen LogP contribution < -0.4 is 10.2 Å². The molecule has 7 heteroatoms. The number of aryl methyl sites for hydroxylation is 2. The van der Waals surface area contributed by atoms with E-state index in [0.717, 1.165) is 45.2 Å². The molecule has 1 aromatic carbocycles. The number of hydrogen-bond donors (Lipinski definition) is 1. The predicted molar refractivity (Wildman–Crippen MR) is 123 cm³/mol. The number of halogens is 1. The Bertz CT molecular complexity index is 762. The van der Waals surface area contributed by atoms with E-state index >= 15 is 0 Å². The Morgan fingerprint density at radius 2 is 1.89 bits per heavy atom. The summed E-state index contributed by atoms with van der Waals surface area (Å²) in [5.41, 5.74) is 5.30. The molecule has 0 atom stereocenters. The van der Waals surface area contributed by atoms with Crippen molar-refractivity contribution in [1.82, 2.24) is 20.0 Å². The minimum absolute atomic E-state index is 0. The molecule has 0 aliphatic carbocycles. The molecule has 1 saturated heterocycles. The first-order valence-electron chi connectivity index (χ1n) is 9.34. The predicted octanol–water partition coefficient (Wildman–Crippen LogP) is 2.82. The molecule has 6 nitrogen and oxygen atoms in total. The zero-order valence-corrected chi connectivity index (χ0v) is 19.1. The van der Waals surface area contributed by atoms with Crippen LogP contribution in [0.5, 0.6) is 0 Å². The van der Waals surface area contributed by atoms with Gasteiger partial charge < -0.3 is 15.1 Å². The highest BCUT2D eigenvalue weighted by Gasteiger charge is 2.20. The van der Waals surface area contributed by atoms with Gasteiger partial charge in [-0.3, -0.25) is 9.67 Å². The van der Waals surface area contributed by atoms with Crippen molar-refractivity contribution < 1.29 is 0 Å². The maximum atomic E-state index is 4.46. The van der Waals surface area contributed by atoms with Gasteiger partial charge in [0.05, 0.1) is 12.7 Å². The van der Waals surface area contributed by atoms with Gasteiger partial charge in [-0.2, -0.15) is 5.10 Å². The van der Waals surface area contributed by atoms with Crippen LogP contribution in [0, 0.1) is 20.8 Å². The van der Waals surface area contributed by atoms with E-state index in [9.17, 15) is 0 Å². The van der Waals surface area contributed by atoms with Crippen LogP contribution >= 0.6 is 24.0 Å². The molecule has 0 amide bonds. The van der Waals surface area contributed by atoms with Crippen molar-refractivity contribution in [3.05, 3.63) is 47.3 Å². The van der Waals surface area contributed by atoms with Crippen molar-refractivity contribution in [2.75, 3.05) is 44.7 Å². The van der Waals surface area contributed by atoms with Gasteiger partial charge in [-0.25, -0.2) is 0 Å². The summed E-state index contributed by atoms with van der Waals surface area (Å²) >= 11 is 0. The van der Waals surface area contributed by atoms with E-state index in [-0.39, 0.29) is 24.0 Å². The lowest BCUT2D eigenvalue weighted by Gasteiger charge is -2.38. The average Bonchev–Trinajstić information content (AvgIpc) is 3.07. The Labute approximate surface area is 179 Å². The number of guanidine groups is 1. The molecule has 0 spiro atoms. The third kappa shape index (κ3) is 5.37. The molecule has 1 N–H and O–H groups in total. The van der Waals surface area contributed by atoms with Crippen LogP contribution in [0.15, 0.2) is 35.6 Å². The number of nitrogens with one attached hydrogen (secondary N) is 1. The highest BCUT2D eigenvalue weighted by molar-refractivity contribution is 14.0. The minimum Gasteiger partial charge on any atom is -0.368 e. The molecule has 0 radical (unpaired) electrons. The summed E-state index contributed by atoms with van der Waals surface area (Å²) in [4.78, 5) is 9.29. The van der Waals surface area contributed by atoms with Gasteiger partial charge in [-0.05, 0) is 43.5 Å². The fourth-order valence-electron chi connectivity index (χ4n) is 3.44. The van der Waals surface area contributed by atoms with Crippen molar-refractivity contribution in [3.8, 4) is 0 Å². The number of piperazine rings is 1. The second-order valence-electron chi connectivity index (χ2n) is 6.95.